The summed E-state index contributed by atoms with van der Waals surface area (Å²) in [6.07, 6.45) is 4.80. The summed E-state index contributed by atoms with van der Waals surface area (Å²) in [6.45, 7) is 3.26. The van der Waals surface area contributed by atoms with E-state index in [1.54, 1.807) is 11.3 Å². The molecule has 0 radical (unpaired) electrons. The van der Waals surface area contributed by atoms with Gasteiger partial charge in [0.05, 0.1) is 11.7 Å². The van der Waals surface area contributed by atoms with Crippen LogP contribution in [0.4, 0.5) is 5.13 Å². The molecule has 0 bridgehead atoms. The molecule has 3 nitrogen and oxygen atoms in total. The van der Waals surface area contributed by atoms with Gasteiger partial charge in [0.25, 0.3) is 0 Å². The Morgan fingerprint density at radius 3 is 3.29 bits per heavy atom. The molecule has 1 aromatic heterocycles. The van der Waals surface area contributed by atoms with Crippen LogP contribution in [-0.4, -0.2) is 11.5 Å². The van der Waals surface area contributed by atoms with E-state index < -0.39 is 0 Å². The molecular weight excluding hydrogens is 194 g/mol. The Balaban J connectivity index is 2.13. The maximum absolute atomic E-state index is 5.73. The highest BCUT2D eigenvalue weighted by atomic mass is 32.1. The van der Waals surface area contributed by atoms with Gasteiger partial charge in [0.15, 0.2) is 5.13 Å². The minimum atomic E-state index is 0.451. The van der Waals surface area contributed by atoms with E-state index in [0.717, 1.165) is 18.1 Å². The molecule has 14 heavy (non-hydrogen) atoms. The third-order valence-corrected chi connectivity index (χ3v) is 3.57. The zero-order valence-electron chi connectivity index (χ0n) is 8.55. The van der Waals surface area contributed by atoms with Gasteiger partial charge in [-0.15, -0.1) is 11.3 Å². The van der Waals surface area contributed by atoms with Crippen molar-refractivity contribution in [2.24, 2.45) is 0 Å². The second-order valence-corrected chi connectivity index (χ2v) is 4.87. The molecular formula is C10H17N3S. The molecule has 3 N–H and O–H groups in total. The standard InChI is InChI=1S/C10H17N3S/c1-2-6-12-7-4-3-5-8-9(7)13-10(11)14-8/h7,12H,2-6H2,1H3,(H2,11,13). The molecule has 2 rings (SSSR count). The number of aryl methyl sites for hydroxylation is 1. The summed E-state index contributed by atoms with van der Waals surface area (Å²) in [5, 5.41) is 4.25. The molecule has 0 aromatic carbocycles. The molecule has 1 unspecified atom stereocenters. The molecule has 1 aromatic rings. The molecule has 0 aliphatic heterocycles. The van der Waals surface area contributed by atoms with Crippen molar-refractivity contribution < 1.29 is 0 Å². The fraction of sp³-hybridized carbons (Fsp3) is 0.700. The van der Waals surface area contributed by atoms with Crippen molar-refractivity contribution in [1.29, 1.82) is 0 Å². The minimum Gasteiger partial charge on any atom is -0.375 e. The lowest BCUT2D eigenvalue weighted by Gasteiger charge is -2.21. The van der Waals surface area contributed by atoms with Gasteiger partial charge in [0.2, 0.25) is 0 Å². The number of anilines is 1. The predicted molar refractivity (Wildman–Crippen MR) is 60.5 cm³/mol. The van der Waals surface area contributed by atoms with Gasteiger partial charge in [-0.1, -0.05) is 6.92 Å². The molecule has 1 atom stereocenters. The van der Waals surface area contributed by atoms with Gasteiger partial charge in [0.1, 0.15) is 0 Å². The van der Waals surface area contributed by atoms with Crippen LogP contribution in [-0.2, 0) is 6.42 Å². The third-order valence-electron chi connectivity index (χ3n) is 2.61. The summed E-state index contributed by atoms with van der Waals surface area (Å²) in [7, 11) is 0. The van der Waals surface area contributed by atoms with Crippen LogP contribution in [0, 0.1) is 0 Å². The Morgan fingerprint density at radius 1 is 1.64 bits per heavy atom. The van der Waals surface area contributed by atoms with Crippen molar-refractivity contribution in [3.8, 4) is 0 Å². The molecule has 0 spiro atoms. The Labute approximate surface area is 88.7 Å². The summed E-state index contributed by atoms with van der Waals surface area (Å²) >= 11 is 1.65. The Bertz CT molecular complexity index is 308. The van der Waals surface area contributed by atoms with Gasteiger partial charge < -0.3 is 11.1 Å². The van der Waals surface area contributed by atoms with Crippen LogP contribution in [0.2, 0.25) is 0 Å². The Morgan fingerprint density at radius 2 is 2.50 bits per heavy atom. The van der Waals surface area contributed by atoms with Gasteiger partial charge in [0, 0.05) is 4.88 Å². The summed E-state index contributed by atoms with van der Waals surface area (Å²) in [5.74, 6) is 0. The van der Waals surface area contributed by atoms with Crippen molar-refractivity contribution in [3.05, 3.63) is 10.6 Å². The predicted octanol–water partition coefficient (Wildman–Crippen LogP) is 2.10. The molecule has 1 aliphatic rings. The van der Waals surface area contributed by atoms with Crippen molar-refractivity contribution in [2.75, 3.05) is 12.3 Å². The second-order valence-electron chi connectivity index (χ2n) is 3.76. The summed E-state index contributed by atoms with van der Waals surface area (Å²) in [4.78, 5) is 5.81. The number of nitrogen functional groups attached to an aromatic ring is 1. The molecule has 4 heteroatoms. The summed E-state index contributed by atoms with van der Waals surface area (Å²) in [6, 6.07) is 0.451. The van der Waals surface area contributed by atoms with E-state index in [1.165, 1.54) is 29.8 Å². The first-order chi connectivity index (χ1) is 6.81. The number of hydrogen-bond donors (Lipinski definition) is 2. The summed E-state index contributed by atoms with van der Waals surface area (Å²) < 4.78 is 0. The number of nitrogens with one attached hydrogen (secondary N) is 1. The van der Waals surface area contributed by atoms with Crippen LogP contribution in [0.15, 0.2) is 0 Å². The average Bonchev–Trinajstić information content (AvgIpc) is 2.55. The van der Waals surface area contributed by atoms with Crippen molar-refractivity contribution >= 4 is 16.5 Å². The van der Waals surface area contributed by atoms with E-state index in [2.05, 4.69) is 17.2 Å². The van der Waals surface area contributed by atoms with Gasteiger partial charge in [-0.3, -0.25) is 0 Å². The van der Waals surface area contributed by atoms with Crippen LogP contribution in [0.25, 0.3) is 0 Å². The third kappa shape index (κ3) is 1.91. The van der Waals surface area contributed by atoms with E-state index in [0.29, 0.717) is 6.04 Å². The SMILES string of the molecule is CCCNC1CCCc2sc(N)nc21. The van der Waals surface area contributed by atoms with E-state index in [1.807, 2.05) is 0 Å². The monoisotopic (exact) mass is 211 g/mol. The molecule has 0 amide bonds. The largest absolute Gasteiger partial charge is 0.375 e. The number of aromatic nitrogens is 1. The molecule has 1 aliphatic carbocycles. The number of hydrogen-bond acceptors (Lipinski definition) is 4. The lowest BCUT2D eigenvalue weighted by molar-refractivity contribution is 0.454. The quantitative estimate of drug-likeness (QED) is 0.805. The topological polar surface area (TPSA) is 50.9 Å². The summed E-state index contributed by atoms with van der Waals surface area (Å²) in [5.41, 5.74) is 6.94. The van der Waals surface area contributed by atoms with Crippen LogP contribution < -0.4 is 11.1 Å². The van der Waals surface area contributed by atoms with E-state index in [9.17, 15) is 0 Å². The fourth-order valence-corrected chi connectivity index (χ4v) is 2.89. The Hall–Kier alpha value is -0.610. The normalized spacial score (nSPS) is 20.8. The van der Waals surface area contributed by atoms with Crippen LogP contribution >= 0.6 is 11.3 Å². The first-order valence-electron chi connectivity index (χ1n) is 5.29. The highest BCUT2D eigenvalue weighted by Crippen LogP contribution is 2.33. The lowest BCUT2D eigenvalue weighted by atomic mass is 9.97. The van der Waals surface area contributed by atoms with E-state index >= 15 is 0 Å². The molecule has 0 saturated heterocycles. The van der Waals surface area contributed by atoms with Crippen LogP contribution in [0.1, 0.15) is 42.8 Å². The smallest absolute Gasteiger partial charge is 0.180 e. The zero-order valence-corrected chi connectivity index (χ0v) is 9.36. The molecule has 1 heterocycles. The highest BCUT2D eigenvalue weighted by molar-refractivity contribution is 7.15. The number of nitrogens with zero attached hydrogens (tertiary/aromatic N) is 1. The van der Waals surface area contributed by atoms with Gasteiger partial charge in [-0.25, -0.2) is 4.98 Å². The van der Waals surface area contributed by atoms with E-state index in [-0.39, 0.29) is 0 Å². The number of nitrogens with two attached hydrogens (primary N) is 1. The van der Waals surface area contributed by atoms with Crippen molar-refractivity contribution in [2.45, 2.75) is 38.6 Å². The minimum absolute atomic E-state index is 0.451. The first-order valence-corrected chi connectivity index (χ1v) is 6.11. The van der Waals surface area contributed by atoms with Crippen molar-refractivity contribution in [1.82, 2.24) is 10.3 Å². The molecule has 0 fully saturated rings. The number of fused-ring (bicyclic) bond motifs is 1. The van der Waals surface area contributed by atoms with E-state index in [4.69, 9.17) is 5.73 Å². The van der Waals surface area contributed by atoms with Gasteiger partial charge in [-0.05, 0) is 32.2 Å². The second kappa shape index (κ2) is 4.28. The number of thiazole rings is 1. The lowest BCUT2D eigenvalue weighted by Crippen LogP contribution is -2.25. The van der Waals surface area contributed by atoms with Gasteiger partial charge in [-0.2, -0.15) is 0 Å². The fourth-order valence-electron chi connectivity index (χ4n) is 1.95. The van der Waals surface area contributed by atoms with Gasteiger partial charge >= 0.3 is 0 Å². The molecule has 0 saturated carbocycles. The maximum Gasteiger partial charge on any atom is 0.180 e. The number of rotatable bonds is 3. The highest BCUT2D eigenvalue weighted by Gasteiger charge is 2.23. The maximum atomic E-state index is 5.73. The van der Waals surface area contributed by atoms with Crippen molar-refractivity contribution in [3.63, 3.8) is 0 Å². The van der Waals surface area contributed by atoms with Crippen LogP contribution in [0.5, 0.6) is 0 Å². The van der Waals surface area contributed by atoms with Crippen LogP contribution in [0.3, 0.4) is 0 Å². The molecule has 78 valence electrons. The average molecular weight is 211 g/mol. The Kier molecular flexibility index (Phi) is 3.03. The zero-order chi connectivity index (χ0) is 9.97. The first kappa shape index (κ1) is 9.93.